The number of carboxylic acid groups (broad SMARTS) is 2. The molecule has 0 aliphatic carbocycles. The lowest BCUT2D eigenvalue weighted by molar-refractivity contribution is -0.146. The van der Waals surface area contributed by atoms with Gasteiger partial charge in [0.05, 0.1) is 31.2 Å². The van der Waals surface area contributed by atoms with E-state index in [1.165, 1.54) is 51.0 Å². The van der Waals surface area contributed by atoms with Crippen LogP contribution in [0.5, 0.6) is 5.75 Å². The molecule has 2 fully saturated rings. The largest absolute Gasteiger partial charge is 0.508 e. The molecular weight excluding hydrogens is 1220 g/mol. The Morgan fingerprint density at radius 1 is 0.641 bits per heavy atom. The minimum atomic E-state index is -1.92. The summed E-state index contributed by atoms with van der Waals surface area (Å²) in [5.74, 6) is -12.7. The minimum absolute atomic E-state index is 0.00526. The van der Waals surface area contributed by atoms with Gasteiger partial charge in [0, 0.05) is 62.0 Å². The summed E-state index contributed by atoms with van der Waals surface area (Å²) < 4.78 is 0. The topological polar surface area (TPSA) is 536 Å². The number of phenolic OH excluding ortho intramolecular Hbond substituents is 1. The van der Waals surface area contributed by atoms with Gasteiger partial charge in [-0.3, -0.25) is 62.5 Å². The lowest BCUT2D eigenvalue weighted by atomic mass is 10.0. The number of aliphatic imine (C=N–C) groups is 1. The third-order valence-corrected chi connectivity index (χ3v) is 15.5. The highest BCUT2D eigenvalue weighted by Gasteiger charge is 2.43. The maximum Gasteiger partial charge on any atom is 0.325 e. The van der Waals surface area contributed by atoms with E-state index in [1.54, 1.807) is 12.1 Å². The van der Waals surface area contributed by atoms with Crippen LogP contribution in [-0.4, -0.2) is 225 Å². The Morgan fingerprint density at radius 3 is 1.62 bits per heavy atom. The third-order valence-electron chi connectivity index (χ3n) is 15.1. The number of nitrogens with two attached hydrogens (primary N) is 3. The normalized spacial score (nSPS) is 17.8. The molecule has 1 aromatic carbocycles. The molecule has 0 bridgehead atoms. The molecule has 0 spiro atoms. The standard InChI is InChI=1S/C57H84N18O16S/c1-28(2)18-37(68-46(80)35(58)19-31-11-13-34(77)14-12-31)48(82)69-39(21-33-24-62-27-65-33)50(84)72-41(25-92)54(88)74-16-6-10-43(74)53(87)71-40(22-44(78)79)51(85)70-38(20-32-23-61-26-64-32)49(83)67-36(8-5-15-63-57(59)60)47(81)73-45(30(4)76)55(89)75-17-7-9-42(75)52(86)66-29(3)56(90)91/h11-14,23-24,26-30,35-43,45,76-77,92H,5-10,15-22,25,58H2,1-4H3,(H,61,64)(H,62,65)(H,66,86)(H,67,83)(H,68,80)(H,69,82)(H,70,85)(H,71,87)(H,72,84)(H,73,81)(H,78,79)(H,90,91)(H4,59,60,63)/t29-,30+,35-,36-,37-,38-,39-,40-,41-,42-,43-,45-/m0/s1. The maximum atomic E-state index is 14.4. The van der Waals surface area contributed by atoms with Crippen LogP contribution in [0.15, 0.2) is 54.3 Å². The Hall–Kier alpha value is -9.38. The van der Waals surface area contributed by atoms with E-state index >= 15 is 0 Å². The van der Waals surface area contributed by atoms with Crippen molar-refractivity contribution >= 4 is 89.6 Å². The Labute approximate surface area is 534 Å². The molecule has 2 aliphatic rings. The number of nitrogens with one attached hydrogen (secondary N) is 10. The van der Waals surface area contributed by atoms with Crippen molar-refractivity contribution in [3.05, 3.63) is 66.3 Å². The second-order valence-corrected chi connectivity index (χ2v) is 23.3. The van der Waals surface area contributed by atoms with Crippen LogP contribution >= 0.6 is 12.6 Å². The SMILES string of the molecule is CC(C)C[C@H](NC(=O)[C@@H](N)Cc1ccc(O)cc1)C(=O)N[C@@H](Cc1cnc[nH]1)C(=O)N[C@@H](CS)C(=O)N1CCC[C@H]1C(=O)N[C@@H](CC(=O)O)C(=O)N[C@@H](Cc1cnc[nH]1)C(=O)N[C@@H](CCCN=C(N)N)C(=O)N[C@H](C(=O)N1CCC[C@H]1C(=O)N[C@@H](C)C(=O)O)[C@@H](C)O. The average molecular weight is 1310 g/mol. The number of imidazole rings is 2. The Kier molecular flexibility index (Phi) is 28.1. The molecule has 0 saturated carbocycles. The van der Waals surface area contributed by atoms with Gasteiger partial charge >= 0.3 is 11.9 Å². The van der Waals surface area contributed by atoms with E-state index in [9.17, 15) is 78.0 Å². The fourth-order valence-electron chi connectivity index (χ4n) is 10.3. The quantitative estimate of drug-likeness (QED) is 0.0114. The smallest absolute Gasteiger partial charge is 0.325 e. The number of hydrogen-bond acceptors (Lipinski definition) is 19. The first kappa shape index (κ1) is 73.4. The predicted molar refractivity (Wildman–Crippen MR) is 330 cm³/mol. The van der Waals surface area contributed by atoms with Crippen LogP contribution in [0.2, 0.25) is 0 Å². The summed E-state index contributed by atoms with van der Waals surface area (Å²) in [4.78, 5) is 184. The Morgan fingerprint density at radius 2 is 1.13 bits per heavy atom. The summed E-state index contributed by atoms with van der Waals surface area (Å²) >= 11 is 4.34. The number of aliphatic hydroxyl groups is 1. The number of nitrogens with zero attached hydrogens (tertiary/aromatic N) is 5. The molecule has 92 heavy (non-hydrogen) atoms. The summed E-state index contributed by atoms with van der Waals surface area (Å²) in [6, 6.07) is -9.69. The molecule has 2 aliphatic heterocycles. The number of aliphatic hydroxyl groups excluding tert-OH is 1. The van der Waals surface area contributed by atoms with Crippen LogP contribution in [0.4, 0.5) is 0 Å². The number of amides is 10. The third kappa shape index (κ3) is 22.2. The number of carbonyl (C=O) groups is 12. The first-order valence-electron chi connectivity index (χ1n) is 29.9. The fourth-order valence-corrected chi connectivity index (χ4v) is 10.6. The number of hydrogen-bond donors (Lipinski definition) is 18. The summed E-state index contributed by atoms with van der Waals surface area (Å²) in [7, 11) is 0. The monoisotopic (exact) mass is 1310 g/mol. The van der Waals surface area contributed by atoms with Crippen molar-refractivity contribution in [2.75, 3.05) is 25.4 Å². The molecule has 20 N–H and O–H groups in total. The summed E-state index contributed by atoms with van der Waals surface area (Å²) in [6.07, 6.45) is 2.84. The Bertz CT molecular complexity index is 3080. The van der Waals surface area contributed by atoms with Gasteiger partial charge in [-0.1, -0.05) is 26.0 Å². The number of phenols is 1. The van der Waals surface area contributed by atoms with Crippen molar-refractivity contribution in [1.29, 1.82) is 0 Å². The summed E-state index contributed by atoms with van der Waals surface area (Å²) in [6.45, 7) is 5.96. The second kappa shape index (κ2) is 35.3. The van der Waals surface area contributed by atoms with Crippen LogP contribution in [0.3, 0.4) is 0 Å². The van der Waals surface area contributed by atoms with Gasteiger partial charge in [0.2, 0.25) is 59.1 Å². The number of carbonyl (C=O) groups excluding carboxylic acids is 10. The van der Waals surface area contributed by atoms with Crippen LogP contribution in [0, 0.1) is 5.92 Å². The van der Waals surface area contributed by atoms with Gasteiger partial charge in [-0.15, -0.1) is 0 Å². The zero-order valence-electron chi connectivity index (χ0n) is 51.3. The minimum Gasteiger partial charge on any atom is -0.508 e. The molecule has 504 valence electrons. The van der Waals surface area contributed by atoms with E-state index < -0.39 is 150 Å². The van der Waals surface area contributed by atoms with Crippen molar-refractivity contribution in [2.45, 2.75) is 171 Å². The molecular formula is C57H84N18O16S. The fraction of sp³-hybridized carbons (Fsp3) is 0.561. The summed E-state index contributed by atoms with van der Waals surface area (Å²) in [5, 5.41) is 60.0. The number of thiol groups is 1. The van der Waals surface area contributed by atoms with Gasteiger partial charge in [0.15, 0.2) is 5.96 Å². The van der Waals surface area contributed by atoms with Gasteiger partial charge < -0.3 is 99.9 Å². The number of guanidine groups is 1. The number of aromatic nitrogens is 4. The van der Waals surface area contributed by atoms with Crippen molar-refractivity contribution < 1.29 is 78.0 Å². The van der Waals surface area contributed by atoms with E-state index in [2.05, 4.69) is 80.1 Å². The molecule has 12 atom stereocenters. The number of rotatable bonds is 35. The van der Waals surface area contributed by atoms with Crippen LogP contribution < -0.4 is 59.7 Å². The number of aliphatic carboxylic acids is 2. The van der Waals surface area contributed by atoms with Gasteiger partial charge in [0.1, 0.15) is 66.2 Å². The van der Waals surface area contributed by atoms with Crippen molar-refractivity contribution in [3.8, 4) is 5.75 Å². The molecule has 10 amide bonds. The Balaban J connectivity index is 1.31. The number of H-pyrrole nitrogens is 2. The molecule has 5 rings (SSSR count). The van der Waals surface area contributed by atoms with Gasteiger partial charge in [-0.05, 0) is 88.8 Å². The number of carboxylic acids is 2. The highest BCUT2D eigenvalue weighted by Crippen LogP contribution is 2.22. The molecule has 2 aromatic heterocycles. The highest BCUT2D eigenvalue weighted by molar-refractivity contribution is 7.80. The van der Waals surface area contributed by atoms with Gasteiger partial charge in [-0.2, -0.15) is 12.6 Å². The first-order valence-corrected chi connectivity index (χ1v) is 30.5. The zero-order valence-corrected chi connectivity index (χ0v) is 52.2. The lowest BCUT2D eigenvalue weighted by Crippen LogP contribution is -2.62. The van der Waals surface area contributed by atoms with Crippen LogP contribution in [-0.2, 0) is 76.8 Å². The van der Waals surface area contributed by atoms with E-state index in [1.807, 2.05) is 13.8 Å². The van der Waals surface area contributed by atoms with Crippen LogP contribution in [0.1, 0.15) is 96.0 Å². The molecule has 2 saturated heterocycles. The van der Waals surface area contributed by atoms with E-state index in [0.29, 0.717) is 17.7 Å². The first-order chi connectivity index (χ1) is 43.6. The van der Waals surface area contributed by atoms with Gasteiger partial charge in [-0.25, -0.2) is 9.97 Å². The van der Waals surface area contributed by atoms with E-state index in [-0.39, 0.29) is 106 Å². The molecule has 35 heteroatoms. The average Bonchev–Trinajstić information content (AvgIpc) is 2.90. The molecule has 0 unspecified atom stereocenters. The number of likely N-dealkylation sites (tertiary alicyclic amines) is 2. The van der Waals surface area contributed by atoms with Gasteiger partial charge in [0.25, 0.3) is 0 Å². The molecule has 34 nitrogen and oxygen atoms in total. The summed E-state index contributed by atoms with van der Waals surface area (Å²) in [5.41, 5.74) is 18.5. The van der Waals surface area contributed by atoms with Crippen LogP contribution in [0.25, 0.3) is 0 Å². The number of benzene rings is 1. The van der Waals surface area contributed by atoms with E-state index in [4.69, 9.17) is 17.2 Å². The molecule has 3 aromatic rings. The highest BCUT2D eigenvalue weighted by atomic mass is 32.1. The molecule has 0 radical (unpaired) electrons. The van der Waals surface area contributed by atoms with Crippen molar-refractivity contribution in [3.63, 3.8) is 0 Å². The lowest BCUT2D eigenvalue weighted by Gasteiger charge is -2.31. The zero-order chi connectivity index (χ0) is 67.9. The molecule has 4 heterocycles. The predicted octanol–water partition coefficient (Wildman–Crippen LogP) is -4.96. The van der Waals surface area contributed by atoms with Crippen molar-refractivity contribution in [1.82, 2.24) is 72.3 Å². The number of aromatic amines is 2. The van der Waals surface area contributed by atoms with E-state index in [0.717, 1.165) is 9.80 Å². The number of aromatic hydroxyl groups is 1. The van der Waals surface area contributed by atoms with Crippen molar-refractivity contribution in [2.24, 2.45) is 28.1 Å². The second-order valence-electron chi connectivity index (χ2n) is 22.9. The maximum absolute atomic E-state index is 14.4.